The molecule has 1 atom stereocenters. The quantitative estimate of drug-likeness (QED) is 0.142. The second kappa shape index (κ2) is 15.0. The molecule has 1 heterocycles. The van der Waals surface area contributed by atoms with Crippen molar-refractivity contribution < 1.29 is 23.2 Å². The van der Waals surface area contributed by atoms with Crippen molar-refractivity contribution >= 4 is 12.0 Å². The van der Waals surface area contributed by atoms with Crippen molar-refractivity contribution in [3.8, 4) is 17.1 Å². The van der Waals surface area contributed by atoms with Gasteiger partial charge in [-0.25, -0.2) is 14.0 Å². The summed E-state index contributed by atoms with van der Waals surface area (Å²) in [5, 5.41) is 3.75. The predicted molar refractivity (Wildman–Crippen MR) is 172 cm³/mol. The molecule has 5 aromatic rings. The number of hydrogen-bond donors (Lipinski definition) is 1. The lowest BCUT2D eigenvalue weighted by Gasteiger charge is -2.15. The van der Waals surface area contributed by atoms with Crippen molar-refractivity contribution in [2.75, 3.05) is 14.2 Å². The zero-order valence-electron chi connectivity index (χ0n) is 25.3. The Balaban J connectivity index is 1.33. The molecule has 4 aromatic carbocycles. The number of esters is 1. The van der Waals surface area contributed by atoms with Crippen molar-refractivity contribution in [1.29, 1.82) is 0 Å². The number of halogens is 1. The molecule has 0 aliphatic heterocycles. The molecular formula is C37H35FN2O5. The van der Waals surface area contributed by atoms with Crippen LogP contribution in [0.1, 0.15) is 44.6 Å². The molecule has 45 heavy (non-hydrogen) atoms. The summed E-state index contributed by atoms with van der Waals surface area (Å²) in [6, 6.07) is 28.3. The molecule has 0 radical (unpaired) electrons. The Hall–Kier alpha value is -5.24. The highest BCUT2D eigenvalue weighted by Crippen LogP contribution is 2.23. The monoisotopic (exact) mass is 606 g/mol. The van der Waals surface area contributed by atoms with Crippen LogP contribution in [0.5, 0.6) is 5.75 Å². The van der Waals surface area contributed by atoms with E-state index in [0.717, 1.165) is 65.7 Å². The Morgan fingerprint density at radius 1 is 0.889 bits per heavy atom. The van der Waals surface area contributed by atoms with Gasteiger partial charge >= 0.3 is 11.7 Å². The van der Waals surface area contributed by atoms with E-state index in [4.69, 9.17) is 9.47 Å². The third kappa shape index (κ3) is 8.66. The Bertz CT molecular complexity index is 1790. The fraction of sp³-hybridized carbons (Fsp3) is 0.216. The zero-order valence-corrected chi connectivity index (χ0v) is 25.3. The Kier molecular flexibility index (Phi) is 10.4. The summed E-state index contributed by atoms with van der Waals surface area (Å²) < 4.78 is 29.1. The number of nitrogens with one attached hydrogen (secondary N) is 1. The number of aromatic nitrogens is 2. The van der Waals surface area contributed by atoms with Crippen molar-refractivity contribution in [2.45, 2.75) is 32.1 Å². The lowest BCUT2D eigenvalue weighted by molar-refractivity contribution is 0.0600. The first-order valence-corrected chi connectivity index (χ1v) is 14.8. The minimum Gasteiger partial charge on any atom is -0.497 e. The first-order chi connectivity index (χ1) is 21.9. The smallest absolute Gasteiger partial charge is 0.439 e. The zero-order chi connectivity index (χ0) is 31.6. The number of methoxy groups -OCH3 is 2. The maximum atomic E-state index is 14.4. The Morgan fingerprint density at radius 3 is 2.24 bits per heavy atom. The number of nitrogens with zero attached hydrogens (tertiary/aromatic N) is 1. The molecule has 0 saturated carbocycles. The molecule has 1 N–H and O–H groups in total. The Labute approximate surface area is 261 Å². The fourth-order valence-electron chi connectivity index (χ4n) is 5.26. The molecule has 1 unspecified atom stereocenters. The van der Waals surface area contributed by atoms with Crippen LogP contribution in [-0.2, 0) is 30.4 Å². The van der Waals surface area contributed by atoms with E-state index in [1.807, 2.05) is 60.7 Å². The molecular weight excluding hydrogens is 571 g/mol. The van der Waals surface area contributed by atoms with E-state index in [9.17, 15) is 14.0 Å². The van der Waals surface area contributed by atoms with Gasteiger partial charge in [0.25, 0.3) is 0 Å². The van der Waals surface area contributed by atoms with E-state index in [-0.39, 0.29) is 17.7 Å². The summed E-state index contributed by atoms with van der Waals surface area (Å²) in [5.41, 5.74) is 6.61. The number of benzene rings is 4. The standard InChI is InChI=1S/C37H35FN2O5/c1-43-34-21-11-26(12-22-34)5-13-29-19-20-33(38)24-32(29)18-10-27(23-28-8-16-31(17-9-28)36(41)44-2)4-3-25-6-14-30(15-7-25)35-39-37(42)45-40-35/h6-12,14-22,24,27H,3-5,13,23H2,1-2H3,(H,39,40,42). The lowest BCUT2D eigenvalue weighted by Crippen LogP contribution is -2.05. The maximum Gasteiger partial charge on any atom is 0.439 e. The summed E-state index contributed by atoms with van der Waals surface area (Å²) >= 11 is 0. The van der Waals surface area contributed by atoms with Gasteiger partial charge in [0.1, 0.15) is 11.6 Å². The Morgan fingerprint density at radius 2 is 1.58 bits per heavy atom. The maximum absolute atomic E-state index is 14.4. The average Bonchev–Trinajstić information content (AvgIpc) is 3.52. The molecule has 0 fully saturated rings. The van der Waals surface area contributed by atoms with Crippen LogP contribution in [0.25, 0.3) is 17.5 Å². The third-order valence-electron chi connectivity index (χ3n) is 7.84. The first-order valence-electron chi connectivity index (χ1n) is 14.8. The minimum absolute atomic E-state index is 0.137. The van der Waals surface area contributed by atoms with Crippen LogP contribution < -0.4 is 10.5 Å². The molecule has 5 rings (SSSR count). The molecule has 1 aromatic heterocycles. The van der Waals surface area contributed by atoms with E-state index < -0.39 is 5.76 Å². The number of aryl methyl sites for hydroxylation is 3. The largest absolute Gasteiger partial charge is 0.497 e. The number of allylic oxidation sites excluding steroid dienone is 1. The number of aromatic amines is 1. The van der Waals surface area contributed by atoms with Crippen LogP contribution in [0.4, 0.5) is 4.39 Å². The van der Waals surface area contributed by atoms with Gasteiger partial charge in [-0.2, -0.15) is 0 Å². The van der Waals surface area contributed by atoms with Crippen molar-refractivity contribution in [1.82, 2.24) is 10.1 Å². The molecule has 0 aliphatic carbocycles. The van der Waals surface area contributed by atoms with E-state index in [1.54, 1.807) is 25.3 Å². The van der Waals surface area contributed by atoms with Crippen LogP contribution in [0.3, 0.4) is 0 Å². The predicted octanol–water partition coefficient (Wildman–Crippen LogP) is 7.25. The molecule has 230 valence electrons. The average molecular weight is 607 g/mol. The van der Waals surface area contributed by atoms with Gasteiger partial charge in [-0.15, -0.1) is 0 Å². The van der Waals surface area contributed by atoms with Crippen LogP contribution in [-0.4, -0.2) is 30.3 Å². The van der Waals surface area contributed by atoms with E-state index >= 15 is 0 Å². The highest BCUT2D eigenvalue weighted by molar-refractivity contribution is 5.89. The highest BCUT2D eigenvalue weighted by atomic mass is 19.1. The molecule has 0 spiro atoms. The van der Waals surface area contributed by atoms with Gasteiger partial charge in [-0.1, -0.05) is 71.9 Å². The topological polar surface area (TPSA) is 94.4 Å². The van der Waals surface area contributed by atoms with Gasteiger partial charge in [0.2, 0.25) is 0 Å². The third-order valence-corrected chi connectivity index (χ3v) is 7.84. The van der Waals surface area contributed by atoms with Crippen LogP contribution in [0, 0.1) is 11.7 Å². The SMILES string of the molecule is COC(=O)c1ccc(CC(C=Cc2cc(F)ccc2CCc2ccc(OC)cc2)CCc2ccc(-c3noc(=O)[nH]3)cc2)cc1. The highest BCUT2D eigenvalue weighted by Gasteiger charge is 2.12. The van der Waals surface area contributed by atoms with Crippen LogP contribution in [0.15, 0.2) is 106 Å². The van der Waals surface area contributed by atoms with Gasteiger partial charge in [0.05, 0.1) is 19.8 Å². The number of carbonyl (C=O) groups excluding carboxylic acids is 1. The van der Waals surface area contributed by atoms with Crippen molar-refractivity contribution in [3.05, 3.63) is 147 Å². The number of rotatable bonds is 13. The number of carbonyl (C=O) groups is 1. The van der Waals surface area contributed by atoms with Gasteiger partial charge in [0.15, 0.2) is 5.82 Å². The lowest BCUT2D eigenvalue weighted by atomic mass is 9.90. The summed E-state index contributed by atoms with van der Waals surface area (Å²) in [5.74, 6) is 0.109. The second-order valence-corrected chi connectivity index (χ2v) is 10.9. The molecule has 0 aliphatic rings. The molecule has 0 bridgehead atoms. The van der Waals surface area contributed by atoms with E-state index in [1.165, 1.54) is 18.7 Å². The normalized spacial score (nSPS) is 11.9. The molecule has 7 nitrogen and oxygen atoms in total. The van der Waals surface area contributed by atoms with Crippen LogP contribution in [0.2, 0.25) is 0 Å². The fourth-order valence-corrected chi connectivity index (χ4v) is 5.26. The number of ether oxygens (including phenoxy) is 2. The summed E-state index contributed by atoms with van der Waals surface area (Å²) in [6.45, 7) is 0. The van der Waals surface area contributed by atoms with E-state index in [0.29, 0.717) is 11.4 Å². The number of hydrogen-bond acceptors (Lipinski definition) is 6. The summed E-state index contributed by atoms with van der Waals surface area (Å²) in [4.78, 5) is 25.8. The molecule has 8 heteroatoms. The minimum atomic E-state index is -0.592. The van der Waals surface area contributed by atoms with E-state index in [2.05, 4.69) is 32.9 Å². The van der Waals surface area contributed by atoms with Crippen LogP contribution >= 0.6 is 0 Å². The van der Waals surface area contributed by atoms with Gasteiger partial charge < -0.3 is 9.47 Å². The number of H-pyrrole nitrogens is 1. The van der Waals surface area contributed by atoms with Gasteiger partial charge in [0, 0.05) is 5.56 Å². The summed E-state index contributed by atoms with van der Waals surface area (Å²) in [6.07, 6.45) is 8.18. The van der Waals surface area contributed by atoms with Gasteiger partial charge in [-0.05, 0) is 102 Å². The van der Waals surface area contributed by atoms with Crippen molar-refractivity contribution in [3.63, 3.8) is 0 Å². The first kappa shape index (κ1) is 31.2. The van der Waals surface area contributed by atoms with Gasteiger partial charge in [-0.3, -0.25) is 9.51 Å². The summed E-state index contributed by atoms with van der Waals surface area (Å²) in [7, 11) is 3.02. The molecule has 0 saturated heterocycles. The second-order valence-electron chi connectivity index (χ2n) is 10.9. The van der Waals surface area contributed by atoms with Crippen molar-refractivity contribution in [2.24, 2.45) is 5.92 Å². The molecule has 0 amide bonds.